The molecular formula is C16H17FO. The van der Waals surface area contributed by atoms with Crippen molar-refractivity contribution in [2.45, 2.75) is 27.4 Å². The molecule has 0 bridgehead atoms. The predicted molar refractivity (Wildman–Crippen MR) is 71.4 cm³/mol. The quantitative estimate of drug-likeness (QED) is 0.780. The first-order chi connectivity index (χ1) is 8.58. The number of halogens is 1. The van der Waals surface area contributed by atoms with Crippen LogP contribution in [0.3, 0.4) is 0 Å². The molecule has 1 nitrogen and oxygen atoms in total. The van der Waals surface area contributed by atoms with Crippen LogP contribution in [-0.4, -0.2) is 0 Å². The molecule has 2 aromatic carbocycles. The number of ether oxygens (including phenoxy) is 1. The van der Waals surface area contributed by atoms with Crippen molar-refractivity contribution in [1.29, 1.82) is 0 Å². The van der Waals surface area contributed by atoms with E-state index >= 15 is 0 Å². The predicted octanol–water partition coefficient (Wildman–Crippen LogP) is 4.33. The van der Waals surface area contributed by atoms with Crippen LogP contribution in [0.25, 0.3) is 0 Å². The number of benzene rings is 2. The van der Waals surface area contributed by atoms with Gasteiger partial charge in [-0.25, -0.2) is 4.39 Å². The molecule has 0 aliphatic heterocycles. The van der Waals surface area contributed by atoms with Gasteiger partial charge < -0.3 is 4.74 Å². The van der Waals surface area contributed by atoms with Gasteiger partial charge in [-0.05, 0) is 55.2 Å². The smallest absolute Gasteiger partial charge is 0.165 e. The van der Waals surface area contributed by atoms with Crippen molar-refractivity contribution in [2.75, 3.05) is 0 Å². The molecule has 0 amide bonds. The zero-order valence-corrected chi connectivity index (χ0v) is 11.0. The van der Waals surface area contributed by atoms with Crippen molar-refractivity contribution in [2.24, 2.45) is 0 Å². The van der Waals surface area contributed by atoms with E-state index in [4.69, 9.17) is 4.74 Å². The molecule has 0 aliphatic rings. The third-order valence-electron chi connectivity index (χ3n) is 3.10. The summed E-state index contributed by atoms with van der Waals surface area (Å²) in [5.41, 5.74) is 4.46. The van der Waals surface area contributed by atoms with Crippen LogP contribution in [0.5, 0.6) is 5.75 Å². The molecule has 0 spiro atoms. The minimum Gasteiger partial charge on any atom is -0.486 e. The lowest BCUT2D eigenvalue weighted by Gasteiger charge is -2.12. The Balaban J connectivity index is 2.19. The summed E-state index contributed by atoms with van der Waals surface area (Å²) < 4.78 is 19.1. The highest BCUT2D eigenvalue weighted by atomic mass is 19.1. The molecule has 0 unspecified atom stereocenters. The summed E-state index contributed by atoms with van der Waals surface area (Å²) >= 11 is 0. The molecule has 0 N–H and O–H groups in total. The second kappa shape index (κ2) is 5.21. The summed E-state index contributed by atoms with van der Waals surface area (Å²) in [5.74, 6) is 0.00416. The van der Waals surface area contributed by atoms with Crippen LogP contribution in [0.2, 0.25) is 0 Å². The lowest BCUT2D eigenvalue weighted by atomic mass is 10.0. The third kappa shape index (κ3) is 2.70. The van der Waals surface area contributed by atoms with Crippen molar-refractivity contribution in [3.8, 4) is 5.75 Å². The Bertz CT molecular complexity index is 541. The Morgan fingerprint density at radius 2 is 1.67 bits per heavy atom. The molecule has 0 heterocycles. The highest BCUT2D eigenvalue weighted by molar-refractivity contribution is 5.34. The fraction of sp³-hybridized carbons (Fsp3) is 0.250. The van der Waals surface area contributed by atoms with Crippen molar-refractivity contribution >= 4 is 0 Å². The minimum atomic E-state index is -0.313. The van der Waals surface area contributed by atoms with Crippen molar-refractivity contribution < 1.29 is 9.13 Å². The van der Waals surface area contributed by atoms with Gasteiger partial charge in [0, 0.05) is 0 Å². The zero-order valence-electron chi connectivity index (χ0n) is 11.0. The standard InChI is InChI=1S/C16H17FO/c1-11-7-8-15(17)16(9-11)18-10-14-12(2)5-4-6-13(14)3/h4-9H,10H2,1-3H3. The molecule has 0 atom stereocenters. The Morgan fingerprint density at radius 3 is 2.33 bits per heavy atom. The van der Waals surface area contributed by atoms with E-state index in [-0.39, 0.29) is 5.82 Å². The first-order valence-corrected chi connectivity index (χ1v) is 6.02. The summed E-state index contributed by atoms with van der Waals surface area (Å²) in [7, 11) is 0. The monoisotopic (exact) mass is 244 g/mol. The fourth-order valence-corrected chi connectivity index (χ4v) is 1.95. The molecular weight excluding hydrogens is 227 g/mol. The van der Waals surface area contributed by atoms with Gasteiger partial charge in [0.15, 0.2) is 11.6 Å². The van der Waals surface area contributed by atoms with E-state index in [1.54, 1.807) is 12.1 Å². The van der Waals surface area contributed by atoms with E-state index in [0.29, 0.717) is 12.4 Å². The molecule has 0 saturated heterocycles. The largest absolute Gasteiger partial charge is 0.486 e. The lowest BCUT2D eigenvalue weighted by molar-refractivity contribution is 0.288. The summed E-state index contributed by atoms with van der Waals surface area (Å²) in [4.78, 5) is 0. The summed E-state index contributed by atoms with van der Waals surface area (Å²) in [6.45, 7) is 6.40. The molecule has 0 fully saturated rings. The third-order valence-corrected chi connectivity index (χ3v) is 3.10. The van der Waals surface area contributed by atoms with Gasteiger partial charge in [0.05, 0.1) is 0 Å². The average Bonchev–Trinajstić information content (AvgIpc) is 2.33. The van der Waals surface area contributed by atoms with Gasteiger partial charge in [-0.1, -0.05) is 24.3 Å². The van der Waals surface area contributed by atoms with E-state index in [9.17, 15) is 4.39 Å². The van der Waals surface area contributed by atoms with Crippen molar-refractivity contribution in [1.82, 2.24) is 0 Å². The molecule has 0 radical (unpaired) electrons. The van der Waals surface area contributed by atoms with Crippen LogP contribution in [0.15, 0.2) is 36.4 Å². The Labute approximate surface area is 107 Å². The molecule has 94 valence electrons. The van der Waals surface area contributed by atoms with E-state index in [2.05, 4.69) is 0 Å². The molecule has 2 heteroatoms. The van der Waals surface area contributed by atoms with Gasteiger partial charge in [-0.2, -0.15) is 0 Å². The fourth-order valence-electron chi connectivity index (χ4n) is 1.95. The minimum absolute atomic E-state index is 0.313. The van der Waals surface area contributed by atoms with E-state index in [0.717, 1.165) is 11.1 Å². The first kappa shape index (κ1) is 12.6. The van der Waals surface area contributed by atoms with Crippen molar-refractivity contribution in [3.05, 3.63) is 64.5 Å². The summed E-state index contributed by atoms with van der Waals surface area (Å²) in [6.07, 6.45) is 0. The van der Waals surface area contributed by atoms with Crippen LogP contribution in [-0.2, 0) is 6.61 Å². The first-order valence-electron chi connectivity index (χ1n) is 6.02. The van der Waals surface area contributed by atoms with Gasteiger partial charge in [-0.15, -0.1) is 0 Å². The normalized spacial score (nSPS) is 10.4. The second-order valence-corrected chi connectivity index (χ2v) is 4.59. The van der Waals surface area contributed by atoms with Crippen LogP contribution in [0.1, 0.15) is 22.3 Å². The van der Waals surface area contributed by atoms with Gasteiger partial charge in [-0.3, -0.25) is 0 Å². The summed E-state index contributed by atoms with van der Waals surface area (Å²) in [6, 6.07) is 11.0. The van der Waals surface area contributed by atoms with Gasteiger partial charge in [0.2, 0.25) is 0 Å². The number of rotatable bonds is 3. The topological polar surface area (TPSA) is 9.23 Å². The van der Waals surface area contributed by atoms with E-state index < -0.39 is 0 Å². The Morgan fingerprint density at radius 1 is 1.00 bits per heavy atom. The zero-order chi connectivity index (χ0) is 13.1. The highest BCUT2D eigenvalue weighted by Crippen LogP contribution is 2.21. The summed E-state index contributed by atoms with van der Waals surface area (Å²) in [5, 5.41) is 0. The molecule has 2 rings (SSSR count). The lowest BCUT2D eigenvalue weighted by Crippen LogP contribution is -2.02. The van der Waals surface area contributed by atoms with Gasteiger partial charge in [0.1, 0.15) is 6.61 Å². The SMILES string of the molecule is Cc1ccc(F)c(OCc2c(C)cccc2C)c1. The number of aryl methyl sites for hydroxylation is 3. The van der Waals surface area contributed by atoms with E-state index in [1.165, 1.54) is 17.2 Å². The maximum atomic E-state index is 13.5. The number of hydrogen-bond donors (Lipinski definition) is 0. The maximum Gasteiger partial charge on any atom is 0.165 e. The van der Waals surface area contributed by atoms with Crippen LogP contribution < -0.4 is 4.74 Å². The van der Waals surface area contributed by atoms with Crippen LogP contribution in [0, 0.1) is 26.6 Å². The van der Waals surface area contributed by atoms with Crippen molar-refractivity contribution in [3.63, 3.8) is 0 Å². The van der Waals surface area contributed by atoms with Gasteiger partial charge in [0.25, 0.3) is 0 Å². The molecule has 0 saturated carbocycles. The molecule has 0 aliphatic carbocycles. The average molecular weight is 244 g/mol. The number of hydrogen-bond acceptors (Lipinski definition) is 1. The Hall–Kier alpha value is -1.83. The van der Waals surface area contributed by atoms with Crippen LogP contribution in [0.4, 0.5) is 4.39 Å². The highest BCUT2D eigenvalue weighted by Gasteiger charge is 2.06. The second-order valence-electron chi connectivity index (χ2n) is 4.59. The molecule has 2 aromatic rings. The molecule has 18 heavy (non-hydrogen) atoms. The maximum absolute atomic E-state index is 13.5. The molecule has 0 aromatic heterocycles. The van der Waals surface area contributed by atoms with Gasteiger partial charge >= 0.3 is 0 Å². The van der Waals surface area contributed by atoms with Crippen LogP contribution >= 0.6 is 0 Å². The Kier molecular flexibility index (Phi) is 3.66. The van der Waals surface area contributed by atoms with E-state index in [1.807, 2.05) is 39.0 Å².